The highest BCUT2D eigenvalue weighted by Gasteiger charge is 2.28. The minimum absolute atomic E-state index is 0.153. The molecule has 1 aliphatic rings. The Morgan fingerprint density at radius 2 is 1.85 bits per heavy atom. The van der Waals surface area contributed by atoms with Crippen molar-refractivity contribution in [3.05, 3.63) is 88.1 Å². The van der Waals surface area contributed by atoms with Gasteiger partial charge >= 0.3 is 0 Å². The fraction of sp³-hybridized carbons (Fsp3) is 0.174. The van der Waals surface area contributed by atoms with Crippen molar-refractivity contribution < 1.29 is 18.7 Å². The Morgan fingerprint density at radius 3 is 2.63 bits per heavy atom. The van der Waals surface area contributed by atoms with Crippen LogP contribution in [0.4, 0.5) is 0 Å². The highest BCUT2D eigenvalue weighted by molar-refractivity contribution is 6.14. The number of hydrogen-bond acceptors (Lipinski definition) is 4. The highest BCUT2D eigenvalue weighted by Crippen LogP contribution is 2.35. The number of furan rings is 1. The third kappa shape index (κ3) is 3.51. The number of rotatable bonds is 4. The summed E-state index contributed by atoms with van der Waals surface area (Å²) >= 11 is 0. The third-order valence-electron chi connectivity index (χ3n) is 4.57. The Bertz CT molecular complexity index is 1060. The number of fused-ring (bicyclic) bond motifs is 1. The van der Waals surface area contributed by atoms with Crippen molar-refractivity contribution in [1.29, 1.82) is 0 Å². The zero-order valence-electron chi connectivity index (χ0n) is 15.5. The van der Waals surface area contributed by atoms with E-state index in [4.69, 9.17) is 13.9 Å². The van der Waals surface area contributed by atoms with Crippen molar-refractivity contribution in [2.45, 2.75) is 27.4 Å². The summed E-state index contributed by atoms with van der Waals surface area (Å²) in [6.07, 6.45) is 1.62. The maximum Gasteiger partial charge on any atom is 0.232 e. The topological polar surface area (TPSA) is 48.7 Å². The van der Waals surface area contributed by atoms with E-state index in [0.717, 1.165) is 11.3 Å². The molecule has 2 aromatic carbocycles. The zero-order valence-corrected chi connectivity index (χ0v) is 15.5. The SMILES string of the molecule is Cc1ccc(C)c(COc2ccc3c(c2)O/C(=C/c2ccc(C)o2)C3=O)c1. The monoisotopic (exact) mass is 360 g/mol. The molecule has 4 nitrogen and oxygen atoms in total. The summed E-state index contributed by atoms with van der Waals surface area (Å²) in [5.74, 6) is 2.65. The molecular formula is C23H20O4. The summed E-state index contributed by atoms with van der Waals surface area (Å²) in [7, 11) is 0. The Hall–Kier alpha value is -3.27. The quantitative estimate of drug-likeness (QED) is 0.585. The van der Waals surface area contributed by atoms with Crippen LogP contribution in [0, 0.1) is 20.8 Å². The van der Waals surface area contributed by atoms with Crippen molar-refractivity contribution in [2.75, 3.05) is 0 Å². The average molecular weight is 360 g/mol. The number of hydrogen-bond donors (Lipinski definition) is 0. The van der Waals surface area contributed by atoms with Crippen LogP contribution in [0.2, 0.25) is 0 Å². The van der Waals surface area contributed by atoms with Gasteiger partial charge in [0.1, 0.15) is 29.6 Å². The number of carbonyl (C=O) groups is 1. The number of allylic oxidation sites excluding steroid dienone is 1. The zero-order chi connectivity index (χ0) is 19.0. The lowest BCUT2D eigenvalue weighted by molar-refractivity contribution is 0.101. The fourth-order valence-corrected chi connectivity index (χ4v) is 3.03. The Balaban J connectivity index is 1.52. The van der Waals surface area contributed by atoms with Gasteiger partial charge in [0.15, 0.2) is 5.76 Å². The first-order chi connectivity index (χ1) is 13.0. The van der Waals surface area contributed by atoms with Gasteiger partial charge in [-0.05, 0) is 56.2 Å². The maximum atomic E-state index is 12.5. The van der Waals surface area contributed by atoms with Crippen LogP contribution in [0.25, 0.3) is 6.08 Å². The van der Waals surface area contributed by atoms with Gasteiger partial charge in [-0.25, -0.2) is 0 Å². The summed E-state index contributed by atoms with van der Waals surface area (Å²) < 4.78 is 17.1. The summed E-state index contributed by atoms with van der Waals surface area (Å²) in [6, 6.07) is 15.2. The molecule has 0 N–H and O–H groups in total. The van der Waals surface area contributed by atoms with Crippen LogP contribution >= 0.6 is 0 Å². The molecule has 4 rings (SSSR count). The molecule has 4 heteroatoms. The first-order valence-corrected chi connectivity index (χ1v) is 8.83. The molecule has 0 radical (unpaired) electrons. The normalized spacial score (nSPS) is 14.3. The molecular weight excluding hydrogens is 340 g/mol. The third-order valence-corrected chi connectivity index (χ3v) is 4.57. The fourth-order valence-electron chi connectivity index (χ4n) is 3.03. The smallest absolute Gasteiger partial charge is 0.232 e. The predicted molar refractivity (Wildman–Crippen MR) is 103 cm³/mol. The lowest BCUT2D eigenvalue weighted by atomic mass is 10.1. The second-order valence-electron chi connectivity index (χ2n) is 6.76. The average Bonchev–Trinajstić information content (AvgIpc) is 3.19. The van der Waals surface area contributed by atoms with E-state index in [-0.39, 0.29) is 11.5 Å². The lowest BCUT2D eigenvalue weighted by Gasteiger charge is -2.10. The predicted octanol–water partition coefficient (Wildman–Crippen LogP) is 5.40. The number of carbonyl (C=O) groups excluding carboxylic acids is 1. The van der Waals surface area contributed by atoms with Crippen LogP contribution in [0.5, 0.6) is 11.5 Å². The number of ether oxygens (including phenoxy) is 2. The van der Waals surface area contributed by atoms with E-state index in [1.54, 1.807) is 30.3 Å². The lowest BCUT2D eigenvalue weighted by Crippen LogP contribution is -1.99. The number of Topliss-reactive ketones (excluding diaryl/α,β-unsaturated/α-hetero) is 1. The van der Waals surface area contributed by atoms with Crippen LogP contribution in [0.1, 0.15) is 38.6 Å². The highest BCUT2D eigenvalue weighted by atomic mass is 16.5. The molecule has 1 aromatic heterocycles. The molecule has 3 aromatic rings. The van der Waals surface area contributed by atoms with Crippen LogP contribution in [0.15, 0.2) is 58.7 Å². The van der Waals surface area contributed by atoms with Crippen LogP contribution in [-0.4, -0.2) is 5.78 Å². The summed E-state index contributed by atoms with van der Waals surface area (Å²) in [4.78, 5) is 12.5. The number of benzene rings is 2. The van der Waals surface area contributed by atoms with Crippen molar-refractivity contribution in [1.82, 2.24) is 0 Å². The van der Waals surface area contributed by atoms with Crippen LogP contribution < -0.4 is 9.47 Å². The molecule has 136 valence electrons. The molecule has 0 aliphatic carbocycles. The molecule has 0 atom stereocenters. The molecule has 0 bridgehead atoms. The van der Waals surface area contributed by atoms with E-state index in [1.807, 2.05) is 13.0 Å². The molecule has 2 heterocycles. The second-order valence-corrected chi connectivity index (χ2v) is 6.76. The van der Waals surface area contributed by atoms with E-state index in [2.05, 4.69) is 32.0 Å². The van der Waals surface area contributed by atoms with Gasteiger partial charge in [-0.1, -0.05) is 23.8 Å². The first-order valence-electron chi connectivity index (χ1n) is 8.83. The van der Waals surface area contributed by atoms with Gasteiger partial charge in [0.05, 0.1) is 5.56 Å². The van der Waals surface area contributed by atoms with Crippen molar-refractivity contribution in [2.24, 2.45) is 0 Å². The van der Waals surface area contributed by atoms with Crippen LogP contribution in [-0.2, 0) is 6.61 Å². The number of ketones is 1. The van der Waals surface area contributed by atoms with E-state index in [0.29, 0.717) is 29.4 Å². The van der Waals surface area contributed by atoms with Crippen molar-refractivity contribution in [3.63, 3.8) is 0 Å². The Kier molecular flexibility index (Phi) is 4.32. The molecule has 0 amide bonds. The Labute approximate surface area is 158 Å². The molecule has 0 unspecified atom stereocenters. The molecule has 0 fully saturated rings. The summed E-state index contributed by atoms with van der Waals surface area (Å²) in [5.41, 5.74) is 4.06. The van der Waals surface area contributed by atoms with Crippen LogP contribution in [0.3, 0.4) is 0 Å². The van der Waals surface area contributed by atoms with E-state index in [9.17, 15) is 4.79 Å². The van der Waals surface area contributed by atoms with Crippen molar-refractivity contribution >= 4 is 11.9 Å². The maximum absolute atomic E-state index is 12.5. The summed E-state index contributed by atoms with van der Waals surface area (Å²) in [5, 5.41) is 0. The van der Waals surface area contributed by atoms with Gasteiger partial charge in [0, 0.05) is 12.1 Å². The minimum Gasteiger partial charge on any atom is -0.489 e. The number of aryl methyl sites for hydroxylation is 3. The van der Waals surface area contributed by atoms with Gasteiger partial charge in [-0.2, -0.15) is 0 Å². The largest absolute Gasteiger partial charge is 0.489 e. The van der Waals surface area contributed by atoms with Gasteiger partial charge in [-0.15, -0.1) is 0 Å². The molecule has 0 spiro atoms. The van der Waals surface area contributed by atoms with E-state index < -0.39 is 0 Å². The van der Waals surface area contributed by atoms with Gasteiger partial charge in [-0.3, -0.25) is 4.79 Å². The minimum atomic E-state index is -0.153. The standard InChI is InChI=1S/C23H20O4/c1-14-4-5-15(2)17(10-14)13-25-18-8-9-20-21(11-18)27-22(23(20)24)12-19-7-6-16(3)26-19/h4-12H,13H2,1-3H3/b22-12+. The van der Waals surface area contributed by atoms with E-state index in [1.165, 1.54) is 11.1 Å². The molecule has 0 saturated carbocycles. The molecule has 27 heavy (non-hydrogen) atoms. The summed E-state index contributed by atoms with van der Waals surface area (Å²) in [6.45, 7) is 6.45. The first kappa shape index (κ1) is 17.2. The van der Waals surface area contributed by atoms with Gasteiger partial charge < -0.3 is 13.9 Å². The second kappa shape index (κ2) is 6.80. The Morgan fingerprint density at radius 1 is 1.00 bits per heavy atom. The van der Waals surface area contributed by atoms with Gasteiger partial charge in [0.25, 0.3) is 0 Å². The van der Waals surface area contributed by atoms with Crippen molar-refractivity contribution in [3.8, 4) is 11.5 Å². The van der Waals surface area contributed by atoms with Gasteiger partial charge in [0.2, 0.25) is 5.78 Å². The van der Waals surface area contributed by atoms with E-state index >= 15 is 0 Å². The molecule has 0 saturated heterocycles. The molecule has 1 aliphatic heterocycles.